The van der Waals surface area contributed by atoms with Crippen molar-refractivity contribution in [1.82, 2.24) is 4.98 Å². The maximum absolute atomic E-state index is 12.7. The number of ketones is 2. The first-order chi connectivity index (χ1) is 11.5. The first-order valence-electron chi connectivity index (χ1n) is 8.15. The minimum atomic E-state index is -0.170. The molecule has 1 heterocycles. The molecular formula is C19H20N2O2S. The van der Waals surface area contributed by atoms with Gasteiger partial charge in [-0.2, -0.15) is 0 Å². The molecule has 4 nitrogen and oxygen atoms in total. The molecule has 0 aliphatic heterocycles. The minimum absolute atomic E-state index is 0.150. The van der Waals surface area contributed by atoms with Gasteiger partial charge in [0.05, 0.1) is 10.7 Å². The van der Waals surface area contributed by atoms with Crippen LogP contribution in [-0.2, 0) is 6.42 Å². The number of hydrogen-bond acceptors (Lipinski definition) is 5. The summed E-state index contributed by atoms with van der Waals surface area (Å²) in [5, 5.41) is 3.86. The smallest absolute Gasteiger partial charge is 0.221 e. The molecular weight excluding hydrogens is 320 g/mol. The molecule has 1 aliphatic rings. The van der Waals surface area contributed by atoms with Gasteiger partial charge in [-0.1, -0.05) is 25.5 Å². The number of allylic oxidation sites excluding steroid dienone is 2. The molecule has 5 heteroatoms. The third kappa shape index (κ3) is 3.04. The standard InChI is InChI=1S/C19H20N2O2S/c1-4-5-6-13-7-9-14(10-8-13)21-15-11(2)17(22)16-19(18(15)23)24-12(3)20-16/h7-10,21H,4-6H2,1-3H3. The zero-order valence-electron chi connectivity index (χ0n) is 14.1. The second-order valence-electron chi connectivity index (χ2n) is 5.99. The van der Waals surface area contributed by atoms with Crippen molar-refractivity contribution in [2.24, 2.45) is 0 Å². The number of rotatable bonds is 5. The Kier molecular flexibility index (Phi) is 4.62. The number of hydrogen-bond donors (Lipinski definition) is 1. The number of nitrogens with zero attached hydrogens (tertiary/aromatic N) is 1. The maximum atomic E-state index is 12.7. The molecule has 24 heavy (non-hydrogen) atoms. The molecule has 1 N–H and O–H groups in total. The summed E-state index contributed by atoms with van der Waals surface area (Å²) in [5.41, 5.74) is 3.17. The molecule has 0 amide bonds. The zero-order valence-corrected chi connectivity index (χ0v) is 14.9. The molecule has 1 aromatic heterocycles. The van der Waals surface area contributed by atoms with Crippen LogP contribution in [0.2, 0.25) is 0 Å². The minimum Gasteiger partial charge on any atom is -0.352 e. The second kappa shape index (κ2) is 6.69. The molecule has 0 unspecified atom stereocenters. The Balaban J connectivity index is 1.85. The number of Topliss-reactive ketones (excluding diaryl/α,β-unsaturated/α-hetero) is 2. The van der Waals surface area contributed by atoms with E-state index >= 15 is 0 Å². The summed E-state index contributed by atoms with van der Waals surface area (Å²) in [6, 6.07) is 8.03. The van der Waals surface area contributed by atoms with Gasteiger partial charge in [-0.15, -0.1) is 11.3 Å². The summed E-state index contributed by atoms with van der Waals surface area (Å²) >= 11 is 1.27. The van der Waals surface area contributed by atoms with Crippen LogP contribution in [0.1, 0.15) is 57.4 Å². The predicted octanol–water partition coefficient (Wildman–Crippen LogP) is 4.56. The lowest BCUT2D eigenvalue weighted by molar-refractivity contribution is 0.0976. The molecule has 0 saturated carbocycles. The quantitative estimate of drug-likeness (QED) is 0.867. The summed E-state index contributed by atoms with van der Waals surface area (Å²) in [4.78, 5) is 29.8. The van der Waals surface area contributed by atoms with Gasteiger partial charge >= 0.3 is 0 Å². The Morgan fingerprint density at radius 2 is 1.79 bits per heavy atom. The number of anilines is 1. The molecule has 3 rings (SSSR count). The molecule has 0 radical (unpaired) electrons. The van der Waals surface area contributed by atoms with Gasteiger partial charge in [-0.05, 0) is 44.4 Å². The predicted molar refractivity (Wildman–Crippen MR) is 96.9 cm³/mol. The van der Waals surface area contributed by atoms with Gasteiger partial charge in [-0.25, -0.2) is 4.98 Å². The molecule has 0 atom stereocenters. The van der Waals surface area contributed by atoms with Gasteiger partial charge in [0.2, 0.25) is 11.6 Å². The largest absolute Gasteiger partial charge is 0.352 e. The first kappa shape index (κ1) is 16.6. The van der Waals surface area contributed by atoms with E-state index in [0.29, 0.717) is 21.8 Å². The Morgan fingerprint density at radius 1 is 1.08 bits per heavy atom. The van der Waals surface area contributed by atoms with Crippen molar-refractivity contribution < 1.29 is 9.59 Å². The van der Waals surface area contributed by atoms with E-state index in [1.807, 2.05) is 12.1 Å². The van der Waals surface area contributed by atoms with Crippen molar-refractivity contribution in [3.8, 4) is 0 Å². The summed E-state index contributed by atoms with van der Waals surface area (Å²) in [6.07, 6.45) is 3.39. The molecule has 2 aromatic rings. The monoisotopic (exact) mass is 340 g/mol. The van der Waals surface area contributed by atoms with Crippen LogP contribution in [0.4, 0.5) is 5.69 Å². The van der Waals surface area contributed by atoms with Crippen LogP contribution in [0, 0.1) is 6.92 Å². The normalized spacial score (nSPS) is 14.1. The molecule has 0 spiro atoms. The number of unbranched alkanes of at least 4 members (excludes halogenated alkanes) is 1. The van der Waals surface area contributed by atoms with Crippen molar-refractivity contribution in [2.45, 2.75) is 40.0 Å². The van der Waals surface area contributed by atoms with Crippen molar-refractivity contribution in [3.63, 3.8) is 0 Å². The number of thiazole rings is 1. The van der Waals surface area contributed by atoms with Gasteiger partial charge in [0, 0.05) is 11.3 Å². The second-order valence-corrected chi connectivity index (χ2v) is 7.20. The summed E-state index contributed by atoms with van der Waals surface area (Å²) in [6.45, 7) is 5.66. The van der Waals surface area contributed by atoms with Crippen LogP contribution in [0.15, 0.2) is 35.5 Å². The molecule has 1 aliphatic carbocycles. The van der Waals surface area contributed by atoms with E-state index in [2.05, 4.69) is 29.4 Å². The van der Waals surface area contributed by atoms with E-state index in [9.17, 15) is 9.59 Å². The number of aryl methyl sites for hydroxylation is 2. The van der Waals surface area contributed by atoms with Gasteiger partial charge in [-0.3, -0.25) is 9.59 Å². The summed E-state index contributed by atoms with van der Waals surface area (Å²) < 4.78 is 0. The Labute approximate surface area is 145 Å². The average molecular weight is 340 g/mol. The van der Waals surface area contributed by atoms with E-state index in [1.54, 1.807) is 13.8 Å². The Morgan fingerprint density at radius 3 is 2.46 bits per heavy atom. The van der Waals surface area contributed by atoms with Crippen LogP contribution >= 0.6 is 11.3 Å². The number of carbonyl (C=O) groups excluding carboxylic acids is 2. The topological polar surface area (TPSA) is 59.1 Å². The van der Waals surface area contributed by atoms with E-state index in [4.69, 9.17) is 0 Å². The number of aromatic nitrogens is 1. The number of nitrogens with one attached hydrogen (secondary N) is 1. The molecule has 0 fully saturated rings. The highest BCUT2D eigenvalue weighted by atomic mass is 32.1. The SMILES string of the molecule is CCCCc1ccc(NC2=C(C)C(=O)c3nc(C)sc3C2=O)cc1. The third-order valence-electron chi connectivity index (χ3n) is 4.14. The van der Waals surface area contributed by atoms with Crippen LogP contribution in [-0.4, -0.2) is 16.6 Å². The lowest BCUT2D eigenvalue weighted by Gasteiger charge is -2.17. The average Bonchev–Trinajstić information content (AvgIpc) is 2.98. The lowest BCUT2D eigenvalue weighted by atomic mass is 9.97. The number of fused-ring (bicyclic) bond motifs is 1. The fourth-order valence-corrected chi connectivity index (χ4v) is 3.60. The highest BCUT2D eigenvalue weighted by Crippen LogP contribution is 2.30. The first-order valence-corrected chi connectivity index (χ1v) is 8.96. The Bertz CT molecular complexity index is 832. The molecule has 0 saturated heterocycles. The third-order valence-corrected chi connectivity index (χ3v) is 5.11. The van der Waals surface area contributed by atoms with Crippen molar-refractivity contribution >= 4 is 28.6 Å². The van der Waals surface area contributed by atoms with E-state index in [1.165, 1.54) is 23.3 Å². The zero-order chi connectivity index (χ0) is 17.3. The fourth-order valence-electron chi connectivity index (χ4n) is 2.74. The molecule has 0 bridgehead atoms. The molecule has 124 valence electrons. The summed E-state index contributed by atoms with van der Waals surface area (Å²) in [5.74, 6) is -0.321. The number of benzene rings is 1. The number of carbonyl (C=O) groups is 2. The van der Waals surface area contributed by atoms with Crippen molar-refractivity contribution in [1.29, 1.82) is 0 Å². The highest BCUT2D eigenvalue weighted by molar-refractivity contribution is 7.14. The summed E-state index contributed by atoms with van der Waals surface area (Å²) in [7, 11) is 0. The fraction of sp³-hybridized carbons (Fsp3) is 0.316. The van der Waals surface area contributed by atoms with Crippen LogP contribution in [0.5, 0.6) is 0 Å². The van der Waals surface area contributed by atoms with Gasteiger partial charge in [0.1, 0.15) is 10.6 Å². The van der Waals surface area contributed by atoms with Crippen LogP contribution in [0.25, 0.3) is 0 Å². The lowest BCUT2D eigenvalue weighted by Crippen LogP contribution is -2.24. The van der Waals surface area contributed by atoms with Crippen molar-refractivity contribution in [3.05, 3.63) is 56.7 Å². The van der Waals surface area contributed by atoms with Crippen LogP contribution in [0.3, 0.4) is 0 Å². The van der Waals surface area contributed by atoms with Crippen LogP contribution < -0.4 is 5.32 Å². The van der Waals surface area contributed by atoms with E-state index < -0.39 is 0 Å². The highest BCUT2D eigenvalue weighted by Gasteiger charge is 2.33. The Hall–Kier alpha value is -2.27. The van der Waals surface area contributed by atoms with Crippen molar-refractivity contribution in [2.75, 3.05) is 5.32 Å². The van der Waals surface area contributed by atoms with E-state index in [-0.39, 0.29) is 11.6 Å². The van der Waals surface area contributed by atoms with E-state index in [0.717, 1.165) is 23.5 Å². The van der Waals surface area contributed by atoms with Gasteiger partial charge in [0.25, 0.3) is 0 Å². The molecule has 1 aromatic carbocycles. The van der Waals surface area contributed by atoms with Gasteiger partial charge in [0.15, 0.2) is 0 Å². The maximum Gasteiger partial charge on any atom is 0.221 e. The van der Waals surface area contributed by atoms with Gasteiger partial charge < -0.3 is 5.32 Å².